The predicted molar refractivity (Wildman–Crippen MR) is 85.9 cm³/mol. The van der Waals surface area contributed by atoms with Crippen LogP contribution < -0.4 is 5.32 Å². The molecule has 1 amide bonds. The summed E-state index contributed by atoms with van der Waals surface area (Å²) in [4.78, 5) is 12.0. The zero-order chi connectivity index (χ0) is 15.5. The summed E-state index contributed by atoms with van der Waals surface area (Å²) in [6, 6.07) is 7.70. The smallest absolute Gasteiger partial charge is 0.226 e. The molecule has 22 heavy (non-hydrogen) atoms. The van der Waals surface area contributed by atoms with E-state index in [2.05, 4.69) is 15.5 Å². The third-order valence-corrected chi connectivity index (χ3v) is 3.68. The highest BCUT2D eigenvalue weighted by molar-refractivity contribution is 6.34. The number of aryl methyl sites for hydroxylation is 2. The van der Waals surface area contributed by atoms with E-state index in [1.54, 1.807) is 21.8 Å². The number of carbonyl (C=O) groups excluding carboxylic acids is 1. The molecular weight excluding hydrogens is 302 g/mol. The Kier molecular flexibility index (Phi) is 4.11. The van der Waals surface area contributed by atoms with Gasteiger partial charge in [-0.2, -0.15) is 10.2 Å². The van der Waals surface area contributed by atoms with Crippen molar-refractivity contribution >= 4 is 34.1 Å². The molecule has 7 heteroatoms. The molecule has 3 aromatic rings. The van der Waals surface area contributed by atoms with Crippen molar-refractivity contribution in [3.63, 3.8) is 0 Å². The topological polar surface area (TPSA) is 64.7 Å². The van der Waals surface area contributed by atoms with Crippen LogP contribution in [0.2, 0.25) is 5.15 Å². The standard InChI is InChI=1S/C15H16ClN5O/c1-2-20-10-11(9-17-20)18-14(22)7-8-21-13-6-4-3-5-12(13)15(16)19-21/h3-6,9-10H,2,7-8H2,1H3,(H,18,22). The Morgan fingerprint density at radius 2 is 2.18 bits per heavy atom. The minimum atomic E-state index is -0.0774. The van der Waals surface area contributed by atoms with E-state index in [-0.39, 0.29) is 5.91 Å². The molecule has 1 aromatic carbocycles. The Morgan fingerprint density at radius 1 is 1.36 bits per heavy atom. The Morgan fingerprint density at radius 3 is 2.95 bits per heavy atom. The molecular formula is C15H16ClN5O. The minimum Gasteiger partial charge on any atom is -0.323 e. The van der Waals surface area contributed by atoms with Gasteiger partial charge in [-0.15, -0.1) is 0 Å². The summed E-state index contributed by atoms with van der Waals surface area (Å²) in [7, 11) is 0. The van der Waals surface area contributed by atoms with Crippen LogP contribution in [-0.4, -0.2) is 25.5 Å². The Hall–Kier alpha value is -2.34. The third-order valence-electron chi connectivity index (χ3n) is 3.40. The van der Waals surface area contributed by atoms with Crippen molar-refractivity contribution in [2.75, 3.05) is 5.32 Å². The molecule has 0 atom stereocenters. The van der Waals surface area contributed by atoms with Crippen LogP contribution in [0.15, 0.2) is 36.7 Å². The highest BCUT2D eigenvalue weighted by atomic mass is 35.5. The van der Waals surface area contributed by atoms with Crippen LogP contribution in [0.25, 0.3) is 10.9 Å². The highest BCUT2D eigenvalue weighted by Crippen LogP contribution is 2.22. The van der Waals surface area contributed by atoms with Crippen LogP contribution in [0.3, 0.4) is 0 Å². The Balaban J connectivity index is 1.65. The summed E-state index contributed by atoms with van der Waals surface area (Å²) in [5.74, 6) is -0.0774. The minimum absolute atomic E-state index is 0.0774. The average Bonchev–Trinajstić information content (AvgIpc) is 3.10. The van der Waals surface area contributed by atoms with Crippen molar-refractivity contribution in [2.45, 2.75) is 26.4 Å². The third kappa shape index (κ3) is 2.96. The second kappa shape index (κ2) is 6.19. The first kappa shape index (κ1) is 14.6. The van der Waals surface area contributed by atoms with Gasteiger partial charge in [0.15, 0.2) is 5.15 Å². The normalized spacial score (nSPS) is 11.0. The number of aromatic nitrogens is 4. The average molecular weight is 318 g/mol. The van der Waals surface area contributed by atoms with E-state index >= 15 is 0 Å². The molecule has 0 saturated heterocycles. The SMILES string of the molecule is CCn1cc(NC(=O)CCn2nc(Cl)c3ccccc32)cn1. The molecule has 0 saturated carbocycles. The van der Waals surface area contributed by atoms with Crippen molar-refractivity contribution in [2.24, 2.45) is 0 Å². The summed E-state index contributed by atoms with van der Waals surface area (Å²) in [6.07, 6.45) is 3.76. The maximum absolute atomic E-state index is 12.0. The van der Waals surface area contributed by atoms with Gasteiger partial charge in [-0.05, 0) is 19.1 Å². The molecule has 3 rings (SSSR count). The van der Waals surface area contributed by atoms with Crippen molar-refractivity contribution in [3.8, 4) is 0 Å². The largest absolute Gasteiger partial charge is 0.323 e. The van der Waals surface area contributed by atoms with E-state index < -0.39 is 0 Å². The monoisotopic (exact) mass is 317 g/mol. The number of benzene rings is 1. The Bertz CT molecular complexity index is 807. The van der Waals surface area contributed by atoms with Gasteiger partial charge in [0, 0.05) is 24.5 Å². The summed E-state index contributed by atoms with van der Waals surface area (Å²) < 4.78 is 3.52. The number of halogens is 1. The van der Waals surface area contributed by atoms with Crippen molar-refractivity contribution in [3.05, 3.63) is 41.8 Å². The highest BCUT2D eigenvalue weighted by Gasteiger charge is 2.10. The number of rotatable bonds is 5. The van der Waals surface area contributed by atoms with E-state index in [0.717, 1.165) is 17.4 Å². The van der Waals surface area contributed by atoms with Crippen LogP contribution >= 0.6 is 11.6 Å². The van der Waals surface area contributed by atoms with Gasteiger partial charge in [-0.25, -0.2) is 0 Å². The fourth-order valence-corrected chi connectivity index (χ4v) is 2.54. The van der Waals surface area contributed by atoms with Gasteiger partial charge < -0.3 is 5.32 Å². The molecule has 0 aliphatic carbocycles. The molecule has 2 aromatic heterocycles. The molecule has 0 fully saturated rings. The molecule has 0 bridgehead atoms. The van der Waals surface area contributed by atoms with Crippen LogP contribution in [0.5, 0.6) is 0 Å². The molecule has 0 radical (unpaired) electrons. The number of nitrogens with zero attached hydrogens (tertiary/aromatic N) is 4. The van der Waals surface area contributed by atoms with Crippen molar-refractivity contribution in [1.29, 1.82) is 0 Å². The maximum atomic E-state index is 12.0. The number of hydrogen-bond acceptors (Lipinski definition) is 3. The van der Waals surface area contributed by atoms with Gasteiger partial charge in [-0.1, -0.05) is 23.7 Å². The van der Waals surface area contributed by atoms with Gasteiger partial charge >= 0.3 is 0 Å². The van der Waals surface area contributed by atoms with Gasteiger partial charge in [-0.3, -0.25) is 14.2 Å². The lowest BCUT2D eigenvalue weighted by Gasteiger charge is -2.04. The van der Waals surface area contributed by atoms with Crippen LogP contribution in [0.1, 0.15) is 13.3 Å². The van der Waals surface area contributed by atoms with E-state index in [1.807, 2.05) is 31.2 Å². The first-order chi connectivity index (χ1) is 10.7. The van der Waals surface area contributed by atoms with Gasteiger partial charge in [0.25, 0.3) is 0 Å². The second-order valence-electron chi connectivity index (χ2n) is 4.91. The number of amides is 1. The van der Waals surface area contributed by atoms with E-state index in [9.17, 15) is 4.79 Å². The van der Waals surface area contributed by atoms with Gasteiger partial charge in [0.1, 0.15) is 0 Å². The first-order valence-electron chi connectivity index (χ1n) is 7.10. The summed E-state index contributed by atoms with van der Waals surface area (Å²) in [5.41, 5.74) is 1.63. The number of anilines is 1. The summed E-state index contributed by atoms with van der Waals surface area (Å²) >= 11 is 6.10. The van der Waals surface area contributed by atoms with E-state index in [0.29, 0.717) is 23.8 Å². The molecule has 0 spiro atoms. The van der Waals surface area contributed by atoms with Crippen LogP contribution in [-0.2, 0) is 17.9 Å². The number of carbonyl (C=O) groups is 1. The Labute approximate surface area is 132 Å². The molecule has 114 valence electrons. The number of fused-ring (bicyclic) bond motifs is 1. The molecule has 1 N–H and O–H groups in total. The number of para-hydroxylation sites is 1. The van der Waals surface area contributed by atoms with Crippen LogP contribution in [0.4, 0.5) is 5.69 Å². The summed E-state index contributed by atoms with van der Waals surface area (Å²) in [6.45, 7) is 3.24. The fraction of sp³-hybridized carbons (Fsp3) is 0.267. The zero-order valence-corrected chi connectivity index (χ0v) is 12.9. The van der Waals surface area contributed by atoms with E-state index in [1.165, 1.54) is 0 Å². The predicted octanol–water partition coefficient (Wildman–Crippen LogP) is 2.93. The van der Waals surface area contributed by atoms with Gasteiger partial charge in [0.2, 0.25) is 5.91 Å². The van der Waals surface area contributed by atoms with Crippen molar-refractivity contribution in [1.82, 2.24) is 19.6 Å². The quantitative estimate of drug-likeness (QED) is 0.787. The zero-order valence-electron chi connectivity index (χ0n) is 12.2. The van der Waals surface area contributed by atoms with Crippen molar-refractivity contribution < 1.29 is 4.79 Å². The molecule has 6 nitrogen and oxygen atoms in total. The number of nitrogens with one attached hydrogen (secondary N) is 1. The first-order valence-corrected chi connectivity index (χ1v) is 7.48. The number of hydrogen-bond donors (Lipinski definition) is 1. The molecule has 0 aliphatic heterocycles. The lowest BCUT2D eigenvalue weighted by molar-refractivity contribution is -0.116. The second-order valence-corrected chi connectivity index (χ2v) is 5.27. The lowest BCUT2D eigenvalue weighted by atomic mass is 10.2. The van der Waals surface area contributed by atoms with E-state index in [4.69, 9.17) is 11.6 Å². The summed E-state index contributed by atoms with van der Waals surface area (Å²) in [5, 5.41) is 12.6. The fourth-order valence-electron chi connectivity index (χ4n) is 2.29. The maximum Gasteiger partial charge on any atom is 0.226 e. The van der Waals surface area contributed by atoms with Gasteiger partial charge in [0.05, 0.1) is 23.9 Å². The molecule has 0 unspecified atom stereocenters. The van der Waals surface area contributed by atoms with Crippen LogP contribution in [0, 0.1) is 0 Å². The molecule has 2 heterocycles. The lowest BCUT2D eigenvalue weighted by Crippen LogP contribution is -2.14. The molecule has 0 aliphatic rings.